The monoisotopic (exact) mass is 237 g/mol. The maximum Gasteiger partial charge on any atom is 0.163 e. The fourth-order valence-electron chi connectivity index (χ4n) is 1.07. The highest BCUT2D eigenvalue weighted by Crippen LogP contribution is 2.51. The van der Waals surface area contributed by atoms with Crippen molar-refractivity contribution in [2.75, 3.05) is 48.8 Å². The standard InChI is InChI=1S/C6H19N4P.C3H9N/c1-8(2)11(7,9(3)4)10(5)6;1-2-3-4/h7H,1-6H3;2-4H2,1H3. The molecule has 0 spiro atoms. The molecule has 0 aliphatic rings. The Morgan fingerprint density at radius 3 is 1.13 bits per heavy atom. The Kier molecular flexibility index (Phi) is 9.60. The Hall–Kier alpha value is 0.0700. The van der Waals surface area contributed by atoms with E-state index in [2.05, 4.69) is 6.92 Å². The first-order valence-electron chi connectivity index (χ1n) is 5.12. The van der Waals surface area contributed by atoms with Crippen LogP contribution in [0, 0.1) is 5.16 Å². The summed E-state index contributed by atoms with van der Waals surface area (Å²) in [5.41, 5.74) is 5.03. The second-order valence-electron chi connectivity index (χ2n) is 3.90. The van der Waals surface area contributed by atoms with Crippen LogP contribution in [0.2, 0.25) is 0 Å². The molecule has 0 heterocycles. The van der Waals surface area contributed by atoms with Crippen molar-refractivity contribution in [3.63, 3.8) is 0 Å². The van der Waals surface area contributed by atoms with Crippen LogP contribution in [0.3, 0.4) is 0 Å². The van der Waals surface area contributed by atoms with Crippen molar-refractivity contribution >= 4 is 7.51 Å². The first kappa shape index (κ1) is 17.5. The van der Waals surface area contributed by atoms with Crippen LogP contribution in [-0.2, 0) is 0 Å². The van der Waals surface area contributed by atoms with Crippen LogP contribution in [0.1, 0.15) is 13.3 Å². The van der Waals surface area contributed by atoms with Gasteiger partial charge in [-0.05, 0) is 55.3 Å². The Balaban J connectivity index is 0. The smallest absolute Gasteiger partial charge is 0.163 e. The molecule has 0 aromatic heterocycles. The van der Waals surface area contributed by atoms with E-state index in [1.165, 1.54) is 0 Å². The molecular weight excluding hydrogens is 209 g/mol. The van der Waals surface area contributed by atoms with Gasteiger partial charge in [-0.3, -0.25) is 19.2 Å². The summed E-state index contributed by atoms with van der Waals surface area (Å²) in [6.45, 7) is 2.88. The van der Waals surface area contributed by atoms with Gasteiger partial charge < -0.3 is 5.73 Å². The fourth-order valence-corrected chi connectivity index (χ4v) is 3.22. The third kappa shape index (κ3) is 5.64. The number of nitrogens with two attached hydrogens (primary N) is 1. The molecule has 6 heteroatoms. The van der Waals surface area contributed by atoms with Crippen molar-refractivity contribution in [1.29, 1.82) is 5.16 Å². The molecule has 0 saturated carbocycles. The first-order chi connectivity index (χ1) is 6.74. The minimum Gasteiger partial charge on any atom is -0.330 e. The van der Waals surface area contributed by atoms with Crippen LogP contribution in [0.15, 0.2) is 0 Å². The van der Waals surface area contributed by atoms with Crippen molar-refractivity contribution in [3.05, 3.63) is 0 Å². The Morgan fingerprint density at radius 1 is 0.933 bits per heavy atom. The van der Waals surface area contributed by atoms with Crippen molar-refractivity contribution in [2.24, 2.45) is 5.73 Å². The van der Waals surface area contributed by atoms with Crippen molar-refractivity contribution in [1.82, 2.24) is 14.0 Å². The third-order valence-electron chi connectivity index (χ3n) is 1.96. The first-order valence-corrected chi connectivity index (χ1v) is 6.77. The average Bonchev–Trinajstić information content (AvgIpc) is 2.15. The lowest BCUT2D eigenvalue weighted by atomic mass is 10.5. The van der Waals surface area contributed by atoms with Crippen LogP contribution >= 0.6 is 7.51 Å². The lowest BCUT2D eigenvalue weighted by Gasteiger charge is -2.39. The zero-order chi connectivity index (χ0) is 12.6. The highest BCUT2D eigenvalue weighted by Gasteiger charge is 2.24. The Labute approximate surface area is 95.2 Å². The average molecular weight is 237 g/mol. The SMILES string of the molecule is CCCN.CN(C)P(=N)(N(C)C)N(C)C. The van der Waals surface area contributed by atoms with Gasteiger partial charge in [-0.15, -0.1) is 0 Å². The zero-order valence-electron chi connectivity index (χ0n) is 11.3. The van der Waals surface area contributed by atoms with E-state index >= 15 is 0 Å². The quantitative estimate of drug-likeness (QED) is 0.728. The summed E-state index contributed by atoms with van der Waals surface area (Å²) in [5.74, 6) is 0. The Bertz CT molecular complexity index is 160. The van der Waals surface area contributed by atoms with Gasteiger partial charge in [-0.25, -0.2) is 0 Å². The number of nitrogens with one attached hydrogen (secondary N) is 1. The molecule has 0 saturated heterocycles. The predicted molar refractivity (Wildman–Crippen MR) is 70.0 cm³/mol. The van der Waals surface area contributed by atoms with Gasteiger partial charge in [0, 0.05) is 0 Å². The van der Waals surface area contributed by atoms with Gasteiger partial charge in [-0.1, -0.05) is 6.92 Å². The third-order valence-corrected chi connectivity index (χ3v) is 5.31. The summed E-state index contributed by atoms with van der Waals surface area (Å²) in [6, 6.07) is 0. The van der Waals surface area contributed by atoms with Gasteiger partial charge in [0.2, 0.25) is 0 Å². The normalized spacial score (nSPS) is 11.9. The minimum absolute atomic E-state index is 0.819. The lowest BCUT2D eigenvalue weighted by Crippen LogP contribution is -2.29. The Morgan fingerprint density at radius 2 is 1.13 bits per heavy atom. The van der Waals surface area contributed by atoms with E-state index < -0.39 is 7.51 Å². The highest BCUT2D eigenvalue weighted by atomic mass is 31.2. The molecule has 0 unspecified atom stereocenters. The summed E-state index contributed by atoms with van der Waals surface area (Å²) in [7, 11) is 9.74. The molecule has 5 nitrogen and oxygen atoms in total. The molecule has 15 heavy (non-hydrogen) atoms. The van der Waals surface area contributed by atoms with Crippen LogP contribution in [-0.4, -0.2) is 62.8 Å². The maximum absolute atomic E-state index is 8.17. The largest absolute Gasteiger partial charge is 0.330 e. The molecule has 0 aromatic carbocycles. The topological polar surface area (TPSA) is 59.6 Å². The van der Waals surface area contributed by atoms with Gasteiger partial charge in [-0.2, -0.15) is 0 Å². The van der Waals surface area contributed by atoms with Gasteiger partial charge >= 0.3 is 0 Å². The van der Waals surface area contributed by atoms with Crippen LogP contribution in [0.5, 0.6) is 0 Å². The number of hydrogen-bond acceptors (Lipinski definition) is 2. The maximum atomic E-state index is 8.17. The van der Waals surface area contributed by atoms with Crippen LogP contribution < -0.4 is 5.73 Å². The minimum atomic E-state index is -1.94. The van der Waals surface area contributed by atoms with E-state index in [9.17, 15) is 0 Å². The predicted octanol–water partition coefficient (Wildman–Crippen LogP) is 1.55. The van der Waals surface area contributed by atoms with Crippen molar-refractivity contribution in [3.8, 4) is 0 Å². The second kappa shape index (κ2) is 8.25. The van der Waals surface area contributed by atoms with Gasteiger partial charge in [0.05, 0.1) is 0 Å². The van der Waals surface area contributed by atoms with E-state index in [1.54, 1.807) is 0 Å². The number of rotatable bonds is 4. The summed E-state index contributed by atoms with van der Waals surface area (Å²) >= 11 is 0. The van der Waals surface area contributed by atoms with Crippen LogP contribution in [0.4, 0.5) is 0 Å². The van der Waals surface area contributed by atoms with Crippen molar-refractivity contribution in [2.45, 2.75) is 13.3 Å². The summed E-state index contributed by atoms with van der Waals surface area (Å²) in [5, 5.41) is 8.17. The molecular formula is C9H28N5P. The molecule has 0 fully saturated rings. The molecule has 94 valence electrons. The highest BCUT2D eigenvalue weighted by molar-refractivity contribution is 7.57. The van der Waals surface area contributed by atoms with E-state index in [0.29, 0.717) is 0 Å². The number of nitrogens with zero attached hydrogens (tertiary/aromatic N) is 3. The zero-order valence-corrected chi connectivity index (χ0v) is 12.2. The summed E-state index contributed by atoms with van der Waals surface area (Å²) in [6.07, 6.45) is 1.10. The molecule has 0 bridgehead atoms. The van der Waals surface area contributed by atoms with Gasteiger partial charge in [0.1, 0.15) is 0 Å². The van der Waals surface area contributed by atoms with E-state index in [1.807, 2.05) is 56.3 Å². The van der Waals surface area contributed by atoms with E-state index in [0.717, 1.165) is 13.0 Å². The molecule has 0 aliphatic heterocycles. The lowest BCUT2D eigenvalue weighted by molar-refractivity contribution is 0.470. The van der Waals surface area contributed by atoms with Crippen LogP contribution in [0.25, 0.3) is 0 Å². The molecule has 0 atom stereocenters. The number of hydrogen-bond donors (Lipinski definition) is 2. The fraction of sp³-hybridized carbons (Fsp3) is 1.00. The molecule has 0 rings (SSSR count). The molecule has 0 radical (unpaired) electrons. The van der Waals surface area contributed by atoms with Crippen molar-refractivity contribution < 1.29 is 0 Å². The molecule has 0 aromatic rings. The van der Waals surface area contributed by atoms with E-state index in [4.69, 9.17) is 10.9 Å². The summed E-state index contributed by atoms with van der Waals surface area (Å²) < 4.78 is 5.90. The second-order valence-corrected chi connectivity index (χ2v) is 7.44. The van der Waals surface area contributed by atoms with Gasteiger partial charge in [0.15, 0.2) is 7.51 Å². The van der Waals surface area contributed by atoms with Gasteiger partial charge in [0.25, 0.3) is 0 Å². The summed E-state index contributed by atoms with van der Waals surface area (Å²) in [4.78, 5) is 0. The molecule has 0 aliphatic carbocycles. The molecule has 0 amide bonds. The molecule has 3 N–H and O–H groups in total. The van der Waals surface area contributed by atoms with E-state index in [-0.39, 0.29) is 0 Å².